The van der Waals surface area contributed by atoms with Crippen molar-refractivity contribution in [2.75, 3.05) is 40.3 Å². The molecule has 1 aromatic rings. The highest BCUT2D eigenvalue weighted by atomic mass is 35.5. The van der Waals surface area contributed by atoms with E-state index in [1.807, 2.05) is 19.2 Å². The quantitative estimate of drug-likeness (QED) is 0.901. The number of hydrogen-bond donors (Lipinski definition) is 1. The van der Waals surface area contributed by atoms with Crippen LogP contribution >= 0.6 is 11.6 Å². The largest absolute Gasteiger partial charge is 0.313 e. The normalized spacial score (nSPS) is 22.9. The first-order chi connectivity index (χ1) is 9.61. The van der Waals surface area contributed by atoms with Crippen molar-refractivity contribution in [1.82, 2.24) is 15.1 Å². The second-order valence-electron chi connectivity index (χ2n) is 5.78. The van der Waals surface area contributed by atoms with Crippen LogP contribution in [-0.4, -0.2) is 56.1 Å². The van der Waals surface area contributed by atoms with E-state index in [9.17, 15) is 0 Å². The Morgan fingerprint density at radius 3 is 2.75 bits per heavy atom. The van der Waals surface area contributed by atoms with Crippen molar-refractivity contribution in [3.05, 3.63) is 34.9 Å². The Morgan fingerprint density at radius 1 is 1.35 bits per heavy atom. The van der Waals surface area contributed by atoms with Gasteiger partial charge in [-0.2, -0.15) is 0 Å². The first kappa shape index (κ1) is 15.8. The molecule has 2 atom stereocenters. The van der Waals surface area contributed by atoms with Crippen molar-refractivity contribution in [3.8, 4) is 0 Å². The number of benzene rings is 1. The smallest absolute Gasteiger partial charge is 0.0453 e. The third kappa shape index (κ3) is 3.95. The van der Waals surface area contributed by atoms with Gasteiger partial charge in [0.25, 0.3) is 0 Å². The van der Waals surface area contributed by atoms with Gasteiger partial charge in [-0.1, -0.05) is 29.8 Å². The third-order valence-electron chi connectivity index (χ3n) is 4.41. The molecule has 0 saturated carbocycles. The van der Waals surface area contributed by atoms with Crippen LogP contribution in [0.1, 0.15) is 24.9 Å². The lowest BCUT2D eigenvalue weighted by Crippen LogP contribution is -2.50. The van der Waals surface area contributed by atoms with Gasteiger partial charge in [-0.15, -0.1) is 0 Å². The molecule has 0 aromatic heterocycles. The number of likely N-dealkylation sites (N-methyl/N-ethyl adjacent to an activating group) is 1. The van der Waals surface area contributed by atoms with Crippen LogP contribution in [0.4, 0.5) is 0 Å². The molecule has 0 aliphatic carbocycles. The summed E-state index contributed by atoms with van der Waals surface area (Å²) in [5.41, 5.74) is 1.21. The summed E-state index contributed by atoms with van der Waals surface area (Å²) in [5, 5.41) is 4.26. The van der Waals surface area contributed by atoms with Crippen LogP contribution in [0, 0.1) is 0 Å². The van der Waals surface area contributed by atoms with Gasteiger partial charge < -0.3 is 15.1 Å². The van der Waals surface area contributed by atoms with E-state index < -0.39 is 0 Å². The maximum absolute atomic E-state index is 6.30. The predicted molar refractivity (Wildman–Crippen MR) is 86.4 cm³/mol. The standard InChI is InChI=1S/C16H26ClN3/c1-13-12-20(11-10-19(13)3)9-8-16(18-2)14-6-4-5-7-15(14)17/h4-7,13,16,18H,8-12H2,1-3H3. The van der Waals surface area contributed by atoms with Gasteiger partial charge in [-0.05, 0) is 39.1 Å². The van der Waals surface area contributed by atoms with Crippen LogP contribution in [0.25, 0.3) is 0 Å². The highest BCUT2D eigenvalue weighted by Gasteiger charge is 2.21. The molecule has 2 unspecified atom stereocenters. The summed E-state index contributed by atoms with van der Waals surface area (Å²) >= 11 is 6.30. The molecule has 0 amide bonds. The summed E-state index contributed by atoms with van der Waals surface area (Å²) in [6, 6.07) is 9.12. The number of rotatable bonds is 5. The summed E-state index contributed by atoms with van der Waals surface area (Å²) in [6.07, 6.45) is 1.09. The Morgan fingerprint density at radius 2 is 2.10 bits per heavy atom. The molecular weight excluding hydrogens is 270 g/mol. The highest BCUT2D eigenvalue weighted by Crippen LogP contribution is 2.25. The monoisotopic (exact) mass is 295 g/mol. The molecule has 1 heterocycles. The van der Waals surface area contributed by atoms with Gasteiger partial charge >= 0.3 is 0 Å². The number of hydrogen-bond acceptors (Lipinski definition) is 3. The number of halogens is 1. The van der Waals surface area contributed by atoms with E-state index in [2.05, 4.69) is 41.2 Å². The minimum atomic E-state index is 0.332. The van der Waals surface area contributed by atoms with E-state index in [0.29, 0.717) is 12.1 Å². The van der Waals surface area contributed by atoms with E-state index >= 15 is 0 Å². The van der Waals surface area contributed by atoms with E-state index in [1.54, 1.807) is 0 Å². The van der Waals surface area contributed by atoms with Crippen LogP contribution in [-0.2, 0) is 0 Å². The lowest BCUT2D eigenvalue weighted by atomic mass is 10.0. The second kappa shape index (κ2) is 7.41. The van der Waals surface area contributed by atoms with Gasteiger partial charge in [-0.3, -0.25) is 0 Å². The third-order valence-corrected chi connectivity index (χ3v) is 4.75. The van der Waals surface area contributed by atoms with Gasteiger partial charge in [-0.25, -0.2) is 0 Å². The highest BCUT2D eigenvalue weighted by molar-refractivity contribution is 6.31. The fraction of sp³-hybridized carbons (Fsp3) is 0.625. The first-order valence-electron chi connectivity index (χ1n) is 7.46. The maximum Gasteiger partial charge on any atom is 0.0453 e. The fourth-order valence-corrected chi connectivity index (χ4v) is 3.12. The Balaban J connectivity index is 1.90. The minimum Gasteiger partial charge on any atom is -0.313 e. The SMILES string of the molecule is CNC(CCN1CCN(C)C(C)C1)c1ccccc1Cl. The van der Waals surface area contributed by atoms with Crippen LogP contribution in [0.5, 0.6) is 0 Å². The van der Waals surface area contributed by atoms with Crippen molar-refractivity contribution in [2.45, 2.75) is 25.4 Å². The molecule has 1 N–H and O–H groups in total. The minimum absolute atomic E-state index is 0.332. The molecule has 1 fully saturated rings. The van der Waals surface area contributed by atoms with Gasteiger partial charge in [0.15, 0.2) is 0 Å². The van der Waals surface area contributed by atoms with Crippen molar-refractivity contribution in [2.24, 2.45) is 0 Å². The summed E-state index contributed by atoms with van der Waals surface area (Å²) in [7, 11) is 4.22. The lowest BCUT2D eigenvalue weighted by Gasteiger charge is -2.38. The average molecular weight is 296 g/mol. The number of nitrogens with zero attached hydrogens (tertiary/aromatic N) is 2. The van der Waals surface area contributed by atoms with Crippen LogP contribution < -0.4 is 5.32 Å². The zero-order chi connectivity index (χ0) is 14.5. The van der Waals surface area contributed by atoms with Crippen molar-refractivity contribution >= 4 is 11.6 Å². The lowest BCUT2D eigenvalue weighted by molar-refractivity contribution is 0.102. The molecule has 1 aliphatic rings. The summed E-state index contributed by atoms with van der Waals surface area (Å²) < 4.78 is 0. The summed E-state index contributed by atoms with van der Waals surface area (Å²) in [5.74, 6) is 0. The van der Waals surface area contributed by atoms with E-state index in [4.69, 9.17) is 11.6 Å². The molecule has 20 heavy (non-hydrogen) atoms. The Hall–Kier alpha value is -0.610. The first-order valence-corrected chi connectivity index (χ1v) is 7.84. The number of piperazine rings is 1. The molecule has 0 spiro atoms. The Labute approximate surface area is 127 Å². The fourth-order valence-electron chi connectivity index (χ4n) is 2.85. The number of nitrogens with one attached hydrogen (secondary N) is 1. The molecule has 0 bridgehead atoms. The molecule has 3 nitrogen and oxygen atoms in total. The summed E-state index contributed by atoms with van der Waals surface area (Å²) in [6.45, 7) is 6.91. The van der Waals surface area contributed by atoms with Crippen molar-refractivity contribution in [3.63, 3.8) is 0 Å². The van der Waals surface area contributed by atoms with Crippen LogP contribution in [0.3, 0.4) is 0 Å². The molecule has 1 aromatic carbocycles. The van der Waals surface area contributed by atoms with Crippen molar-refractivity contribution < 1.29 is 0 Å². The predicted octanol–water partition coefficient (Wildman–Crippen LogP) is 2.63. The van der Waals surface area contributed by atoms with Gasteiger partial charge in [0.1, 0.15) is 0 Å². The van der Waals surface area contributed by atoms with E-state index in [-0.39, 0.29) is 0 Å². The second-order valence-corrected chi connectivity index (χ2v) is 6.19. The zero-order valence-electron chi connectivity index (χ0n) is 12.8. The molecule has 1 aliphatic heterocycles. The molecule has 1 saturated heterocycles. The van der Waals surface area contributed by atoms with Gasteiger partial charge in [0.2, 0.25) is 0 Å². The molecule has 2 rings (SSSR count). The van der Waals surface area contributed by atoms with Gasteiger partial charge in [0, 0.05) is 43.3 Å². The van der Waals surface area contributed by atoms with Crippen LogP contribution in [0.15, 0.2) is 24.3 Å². The average Bonchev–Trinajstić information content (AvgIpc) is 2.45. The maximum atomic E-state index is 6.30. The van der Waals surface area contributed by atoms with E-state index in [1.165, 1.54) is 12.1 Å². The van der Waals surface area contributed by atoms with E-state index in [0.717, 1.165) is 31.1 Å². The zero-order valence-corrected chi connectivity index (χ0v) is 13.5. The molecule has 0 radical (unpaired) electrons. The Kier molecular flexibility index (Phi) is 5.85. The van der Waals surface area contributed by atoms with Crippen LogP contribution in [0.2, 0.25) is 5.02 Å². The molecule has 112 valence electrons. The topological polar surface area (TPSA) is 18.5 Å². The molecule has 4 heteroatoms. The van der Waals surface area contributed by atoms with Crippen molar-refractivity contribution in [1.29, 1.82) is 0 Å². The Bertz CT molecular complexity index is 424. The summed E-state index contributed by atoms with van der Waals surface area (Å²) in [4.78, 5) is 4.99. The van der Waals surface area contributed by atoms with Gasteiger partial charge in [0.05, 0.1) is 0 Å². The molecular formula is C16H26ClN3.